The summed E-state index contributed by atoms with van der Waals surface area (Å²) < 4.78 is 12.0. The maximum atomic E-state index is 12.2. The molecule has 0 aliphatic heterocycles. The second kappa shape index (κ2) is 7.24. The Morgan fingerprint density at radius 2 is 2.19 bits per heavy atom. The van der Waals surface area contributed by atoms with Gasteiger partial charge < -0.3 is 14.3 Å². The Labute approximate surface area is 154 Å². The molecule has 0 atom stereocenters. The number of nitrogens with one attached hydrogen (secondary N) is 1. The molecule has 27 heavy (non-hydrogen) atoms. The van der Waals surface area contributed by atoms with Crippen LogP contribution in [0.3, 0.4) is 0 Å². The minimum absolute atomic E-state index is 0.289. The molecule has 1 N–H and O–H groups in total. The van der Waals surface area contributed by atoms with Crippen LogP contribution in [-0.4, -0.2) is 30.6 Å². The van der Waals surface area contributed by atoms with Crippen LogP contribution in [0.2, 0.25) is 0 Å². The van der Waals surface area contributed by atoms with Crippen molar-refractivity contribution in [3.63, 3.8) is 0 Å². The van der Waals surface area contributed by atoms with Crippen molar-refractivity contribution in [1.29, 1.82) is 0 Å². The number of pyridine rings is 1. The Hall–Kier alpha value is -3.75. The van der Waals surface area contributed by atoms with Gasteiger partial charge in [-0.2, -0.15) is 4.98 Å². The molecule has 0 aliphatic rings. The molecule has 0 saturated heterocycles. The zero-order valence-electron chi connectivity index (χ0n) is 14.5. The van der Waals surface area contributed by atoms with E-state index in [1.165, 1.54) is 6.33 Å². The fraction of sp³-hybridized carbons (Fsp3) is 0.167. The number of furan rings is 1. The molecule has 9 heteroatoms. The van der Waals surface area contributed by atoms with E-state index in [-0.39, 0.29) is 11.6 Å². The van der Waals surface area contributed by atoms with Crippen LogP contribution >= 0.6 is 0 Å². The SMILES string of the molecule is CCc1noc(-c2ccc(-n3cnc(C(=O)NCc4ccco4)c3)nc2)n1. The van der Waals surface area contributed by atoms with E-state index >= 15 is 0 Å². The largest absolute Gasteiger partial charge is 0.467 e. The van der Waals surface area contributed by atoms with Crippen LogP contribution in [0, 0.1) is 0 Å². The average Bonchev–Trinajstić information content (AvgIpc) is 3.47. The van der Waals surface area contributed by atoms with E-state index in [9.17, 15) is 4.79 Å². The van der Waals surface area contributed by atoms with Crippen LogP contribution in [0.4, 0.5) is 0 Å². The minimum atomic E-state index is -0.292. The van der Waals surface area contributed by atoms with Crippen molar-refractivity contribution in [1.82, 2.24) is 30.0 Å². The number of rotatable bonds is 6. The molecule has 0 aromatic carbocycles. The van der Waals surface area contributed by atoms with Gasteiger partial charge in [-0.3, -0.25) is 9.36 Å². The number of hydrogen-bond acceptors (Lipinski definition) is 7. The zero-order valence-corrected chi connectivity index (χ0v) is 14.5. The van der Waals surface area contributed by atoms with E-state index in [1.807, 2.05) is 13.0 Å². The zero-order chi connectivity index (χ0) is 18.6. The molecule has 0 saturated carbocycles. The molecule has 4 rings (SSSR count). The number of aromatic nitrogens is 5. The summed E-state index contributed by atoms with van der Waals surface area (Å²) in [6.07, 6.45) is 7.05. The van der Waals surface area contributed by atoms with E-state index in [1.54, 1.807) is 41.4 Å². The topological polar surface area (TPSA) is 112 Å². The second-order valence-electron chi connectivity index (χ2n) is 5.70. The van der Waals surface area contributed by atoms with Crippen LogP contribution in [-0.2, 0) is 13.0 Å². The highest BCUT2D eigenvalue weighted by Gasteiger charge is 2.12. The number of hydrogen-bond donors (Lipinski definition) is 1. The van der Waals surface area contributed by atoms with Crippen LogP contribution < -0.4 is 5.32 Å². The van der Waals surface area contributed by atoms with Gasteiger partial charge >= 0.3 is 0 Å². The summed E-state index contributed by atoms with van der Waals surface area (Å²) in [6, 6.07) is 7.17. The summed E-state index contributed by atoms with van der Waals surface area (Å²) in [5, 5.41) is 6.62. The van der Waals surface area contributed by atoms with Crippen LogP contribution in [0.1, 0.15) is 29.0 Å². The number of amides is 1. The van der Waals surface area contributed by atoms with Gasteiger partial charge in [0.15, 0.2) is 5.82 Å². The lowest BCUT2D eigenvalue weighted by molar-refractivity contribution is 0.0943. The molecule has 0 fully saturated rings. The van der Waals surface area contributed by atoms with Crippen molar-refractivity contribution in [2.45, 2.75) is 19.9 Å². The third kappa shape index (κ3) is 3.61. The molecule has 0 aliphatic carbocycles. The minimum Gasteiger partial charge on any atom is -0.467 e. The number of imidazole rings is 1. The standard InChI is InChI=1S/C18H16N6O3/c1-2-15-22-18(27-23-15)12-5-6-16(19-8-12)24-10-14(21-11-24)17(25)20-9-13-4-3-7-26-13/h3-8,10-11H,2,9H2,1H3,(H,20,25). The Balaban J connectivity index is 1.45. The molecular weight excluding hydrogens is 348 g/mol. The van der Waals surface area contributed by atoms with Crippen molar-refractivity contribution in [2.24, 2.45) is 0 Å². The molecule has 0 bridgehead atoms. The van der Waals surface area contributed by atoms with Gasteiger partial charge in [0.25, 0.3) is 11.8 Å². The monoisotopic (exact) mass is 364 g/mol. The molecule has 0 radical (unpaired) electrons. The molecule has 1 amide bonds. The van der Waals surface area contributed by atoms with Crippen LogP contribution in [0.5, 0.6) is 0 Å². The number of carbonyl (C=O) groups is 1. The first kappa shape index (κ1) is 16.7. The van der Waals surface area contributed by atoms with E-state index in [0.717, 1.165) is 5.56 Å². The van der Waals surface area contributed by atoms with Crippen molar-refractivity contribution >= 4 is 5.91 Å². The molecule has 4 aromatic rings. The summed E-state index contributed by atoms with van der Waals surface area (Å²) in [7, 11) is 0. The van der Waals surface area contributed by atoms with Gasteiger partial charge in [-0.05, 0) is 24.3 Å². The summed E-state index contributed by atoms with van der Waals surface area (Å²) >= 11 is 0. The molecule has 0 spiro atoms. The predicted octanol–water partition coefficient (Wildman–Crippen LogP) is 2.40. The van der Waals surface area contributed by atoms with E-state index in [2.05, 4.69) is 25.4 Å². The quantitative estimate of drug-likeness (QED) is 0.559. The lowest BCUT2D eigenvalue weighted by Gasteiger charge is -2.01. The lowest BCUT2D eigenvalue weighted by Crippen LogP contribution is -2.22. The fourth-order valence-corrected chi connectivity index (χ4v) is 2.42. The van der Waals surface area contributed by atoms with Crippen molar-refractivity contribution in [3.8, 4) is 17.3 Å². The predicted molar refractivity (Wildman–Crippen MR) is 93.9 cm³/mol. The number of aryl methyl sites for hydroxylation is 1. The third-order valence-corrected chi connectivity index (χ3v) is 3.86. The molecule has 9 nitrogen and oxygen atoms in total. The average molecular weight is 364 g/mol. The highest BCUT2D eigenvalue weighted by Crippen LogP contribution is 2.17. The highest BCUT2D eigenvalue weighted by molar-refractivity contribution is 5.92. The lowest BCUT2D eigenvalue weighted by atomic mass is 10.3. The Morgan fingerprint density at radius 1 is 1.26 bits per heavy atom. The second-order valence-corrected chi connectivity index (χ2v) is 5.70. The molecule has 4 heterocycles. The van der Waals surface area contributed by atoms with Crippen molar-refractivity contribution < 1.29 is 13.7 Å². The van der Waals surface area contributed by atoms with E-state index in [0.29, 0.717) is 36.3 Å². The Morgan fingerprint density at radius 3 is 2.89 bits per heavy atom. The Bertz CT molecular complexity index is 1030. The Kier molecular flexibility index (Phi) is 4.48. The summed E-state index contributed by atoms with van der Waals surface area (Å²) in [5.41, 5.74) is 1.01. The first-order valence-corrected chi connectivity index (χ1v) is 8.37. The fourth-order valence-electron chi connectivity index (χ4n) is 2.42. The van der Waals surface area contributed by atoms with Gasteiger partial charge in [0.2, 0.25) is 0 Å². The third-order valence-electron chi connectivity index (χ3n) is 3.86. The van der Waals surface area contributed by atoms with Crippen molar-refractivity contribution in [2.75, 3.05) is 0 Å². The molecule has 136 valence electrons. The molecule has 4 aromatic heterocycles. The van der Waals surface area contributed by atoms with Crippen LogP contribution in [0.15, 0.2) is 58.2 Å². The van der Waals surface area contributed by atoms with Gasteiger partial charge in [-0.25, -0.2) is 9.97 Å². The van der Waals surface area contributed by atoms with Gasteiger partial charge in [0.05, 0.1) is 18.4 Å². The van der Waals surface area contributed by atoms with Crippen LogP contribution in [0.25, 0.3) is 17.3 Å². The highest BCUT2D eigenvalue weighted by atomic mass is 16.5. The number of nitrogens with zero attached hydrogens (tertiary/aromatic N) is 5. The normalized spacial score (nSPS) is 10.9. The first-order chi connectivity index (χ1) is 13.2. The van der Waals surface area contributed by atoms with Gasteiger partial charge in [-0.1, -0.05) is 12.1 Å². The molecule has 0 unspecified atom stereocenters. The first-order valence-electron chi connectivity index (χ1n) is 8.37. The van der Waals surface area contributed by atoms with E-state index < -0.39 is 0 Å². The van der Waals surface area contributed by atoms with Crippen molar-refractivity contribution in [3.05, 3.63) is 66.5 Å². The summed E-state index contributed by atoms with van der Waals surface area (Å²) in [6.45, 7) is 2.26. The maximum absolute atomic E-state index is 12.2. The van der Waals surface area contributed by atoms with E-state index in [4.69, 9.17) is 8.94 Å². The smallest absolute Gasteiger partial charge is 0.271 e. The summed E-state index contributed by atoms with van der Waals surface area (Å²) in [5.74, 6) is 2.07. The van der Waals surface area contributed by atoms with Gasteiger partial charge in [-0.15, -0.1) is 0 Å². The molecular formula is C18H16N6O3. The number of carbonyl (C=O) groups excluding carboxylic acids is 1. The maximum Gasteiger partial charge on any atom is 0.271 e. The van der Waals surface area contributed by atoms with Gasteiger partial charge in [0.1, 0.15) is 23.6 Å². The summed E-state index contributed by atoms with van der Waals surface area (Å²) in [4.78, 5) is 24.9. The van der Waals surface area contributed by atoms with Gasteiger partial charge in [0, 0.05) is 18.8 Å².